The molecule has 2 N–H and O–H groups in total. The fraction of sp³-hybridized carbons (Fsp3) is 0.435. The van der Waals surface area contributed by atoms with Crippen molar-refractivity contribution < 1.29 is 9.53 Å². The van der Waals surface area contributed by atoms with Gasteiger partial charge < -0.3 is 19.9 Å². The Kier molecular flexibility index (Phi) is 5.27. The maximum Gasteiger partial charge on any atom is 0.256 e. The number of carbonyl (C=O) groups is 1. The number of amides is 1. The van der Waals surface area contributed by atoms with Crippen molar-refractivity contribution >= 4 is 23.2 Å². The Bertz CT molecular complexity index is 924. The molecule has 2 aromatic rings. The Morgan fingerprint density at radius 1 is 1.21 bits per heavy atom. The number of methoxy groups -OCH3 is 1. The van der Waals surface area contributed by atoms with Crippen LogP contribution in [0.3, 0.4) is 0 Å². The van der Waals surface area contributed by atoms with Crippen molar-refractivity contribution in [2.45, 2.75) is 38.5 Å². The van der Waals surface area contributed by atoms with Crippen LogP contribution in [0, 0.1) is 0 Å². The lowest BCUT2D eigenvalue weighted by Gasteiger charge is -2.14. The fourth-order valence-corrected chi connectivity index (χ4v) is 4.34. The number of nitrogens with zero attached hydrogens (tertiary/aromatic N) is 1. The SMILES string of the molecule is COc1ccc2c(c1)/C(=C/c1[nH]c3c(c1CCCN(C)C)CCCC3)C(=O)N2. The van der Waals surface area contributed by atoms with Crippen molar-refractivity contribution in [2.24, 2.45) is 0 Å². The highest BCUT2D eigenvalue weighted by Crippen LogP contribution is 2.37. The highest BCUT2D eigenvalue weighted by molar-refractivity contribution is 6.35. The van der Waals surface area contributed by atoms with Gasteiger partial charge in [0.05, 0.1) is 12.7 Å². The molecule has 0 spiro atoms. The molecule has 5 heteroatoms. The smallest absolute Gasteiger partial charge is 0.256 e. The third-order valence-corrected chi connectivity index (χ3v) is 5.77. The molecule has 0 saturated carbocycles. The average molecular weight is 380 g/mol. The van der Waals surface area contributed by atoms with Gasteiger partial charge in [-0.05, 0) is 94.6 Å². The molecule has 0 saturated heterocycles. The lowest BCUT2D eigenvalue weighted by Crippen LogP contribution is -2.14. The normalized spacial score (nSPS) is 17.0. The Morgan fingerprint density at radius 2 is 2.04 bits per heavy atom. The van der Waals surface area contributed by atoms with Crippen LogP contribution in [0.2, 0.25) is 0 Å². The molecule has 28 heavy (non-hydrogen) atoms. The summed E-state index contributed by atoms with van der Waals surface area (Å²) in [6, 6.07) is 5.72. The molecule has 1 aromatic carbocycles. The second kappa shape index (κ2) is 7.84. The molecule has 1 aromatic heterocycles. The van der Waals surface area contributed by atoms with Crippen LogP contribution in [0.4, 0.5) is 5.69 Å². The number of hydrogen-bond donors (Lipinski definition) is 2. The van der Waals surface area contributed by atoms with E-state index < -0.39 is 0 Å². The van der Waals surface area contributed by atoms with E-state index in [0.717, 1.165) is 54.9 Å². The van der Waals surface area contributed by atoms with Crippen LogP contribution in [-0.4, -0.2) is 43.5 Å². The lowest BCUT2D eigenvalue weighted by molar-refractivity contribution is -0.110. The molecule has 148 valence electrons. The van der Waals surface area contributed by atoms with Crippen LogP contribution in [0.25, 0.3) is 11.6 Å². The van der Waals surface area contributed by atoms with Crippen molar-refractivity contribution in [3.63, 3.8) is 0 Å². The number of aromatic amines is 1. The number of rotatable bonds is 6. The number of hydrogen-bond acceptors (Lipinski definition) is 3. The molecule has 0 unspecified atom stereocenters. The minimum Gasteiger partial charge on any atom is -0.497 e. The quantitative estimate of drug-likeness (QED) is 0.749. The van der Waals surface area contributed by atoms with Crippen LogP contribution in [-0.2, 0) is 24.1 Å². The van der Waals surface area contributed by atoms with Gasteiger partial charge in [-0.3, -0.25) is 4.79 Å². The molecule has 4 rings (SSSR count). The number of benzene rings is 1. The molecule has 1 aliphatic carbocycles. The predicted molar refractivity (Wildman–Crippen MR) is 114 cm³/mol. The zero-order valence-electron chi connectivity index (χ0n) is 17.0. The first-order chi connectivity index (χ1) is 13.6. The molecular weight excluding hydrogens is 350 g/mol. The largest absolute Gasteiger partial charge is 0.497 e. The van der Waals surface area contributed by atoms with E-state index in [1.807, 2.05) is 24.3 Å². The minimum atomic E-state index is -0.0462. The van der Waals surface area contributed by atoms with E-state index in [1.54, 1.807) is 7.11 Å². The van der Waals surface area contributed by atoms with Crippen molar-refractivity contribution in [2.75, 3.05) is 33.1 Å². The lowest BCUT2D eigenvalue weighted by atomic mass is 9.92. The van der Waals surface area contributed by atoms with Gasteiger partial charge in [-0.1, -0.05) is 0 Å². The van der Waals surface area contributed by atoms with E-state index in [4.69, 9.17) is 4.74 Å². The summed E-state index contributed by atoms with van der Waals surface area (Å²) in [6.45, 7) is 1.07. The monoisotopic (exact) mass is 379 g/mol. The number of aromatic nitrogens is 1. The summed E-state index contributed by atoms with van der Waals surface area (Å²) in [5, 5.41) is 2.97. The third kappa shape index (κ3) is 3.59. The minimum absolute atomic E-state index is 0.0462. The molecule has 0 fully saturated rings. The second-order valence-electron chi connectivity index (χ2n) is 8.01. The summed E-state index contributed by atoms with van der Waals surface area (Å²) >= 11 is 0. The number of carbonyl (C=O) groups excluding carboxylic acids is 1. The van der Waals surface area contributed by atoms with Gasteiger partial charge in [0.1, 0.15) is 5.75 Å². The number of ether oxygens (including phenoxy) is 1. The van der Waals surface area contributed by atoms with Crippen molar-refractivity contribution in [1.29, 1.82) is 0 Å². The summed E-state index contributed by atoms with van der Waals surface area (Å²) in [7, 11) is 5.88. The second-order valence-corrected chi connectivity index (χ2v) is 8.01. The van der Waals surface area contributed by atoms with Crippen molar-refractivity contribution in [1.82, 2.24) is 9.88 Å². The van der Waals surface area contributed by atoms with E-state index in [1.165, 1.54) is 29.7 Å². The maximum atomic E-state index is 12.7. The maximum absolute atomic E-state index is 12.7. The predicted octanol–water partition coefficient (Wildman–Crippen LogP) is 3.89. The van der Waals surface area contributed by atoms with E-state index >= 15 is 0 Å². The number of nitrogens with one attached hydrogen (secondary N) is 2. The van der Waals surface area contributed by atoms with Crippen LogP contribution < -0.4 is 10.1 Å². The summed E-state index contributed by atoms with van der Waals surface area (Å²) in [5.41, 5.74) is 7.82. The van der Waals surface area contributed by atoms with Gasteiger partial charge >= 0.3 is 0 Å². The van der Waals surface area contributed by atoms with Gasteiger partial charge in [0, 0.05) is 22.6 Å². The summed E-state index contributed by atoms with van der Waals surface area (Å²) in [6.07, 6.45) is 8.94. The number of aryl methyl sites for hydroxylation is 1. The van der Waals surface area contributed by atoms with Gasteiger partial charge in [0.15, 0.2) is 0 Å². The summed E-state index contributed by atoms with van der Waals surface area (Å²) in [4.78, 5) is 18.5. The molecular formula is C23H29N3O2. The van der Waals surface area contributed by atoms with E-state index in [9.17, 15) is 4.79 Å². The average Bonchev–Trinajstić information content (AvgIpc) is 3.19. The van der Waals surface area contributed by atoms with E-state index in [0.29, 0.717) is 5.57 Å². The Morgan fingerprint density at radius 3 is 2.82 bits per heavy atom. The molecule has 2 heterocycles. The molecule has 1 amide bonds. The zero-order chi connectivity index (χ0) is 19.7. The third-order valence-electron chi connectivity index (χ3n) is 5.77. The van der Waals surface area contributed by atoms with E-state index in [2.05, 4.69) is 29.3 Å². The van der Waals surface area contributed by atoms with Crippen LogP contribution in [0.15, 0.2) is 18.2 Å². The molecule has 0 bridgehead atoms. The standard InChI is InChI=1S/C23H29N3O2/c1-26(2)12-6-8-17-16-7-4-5-9-20(16)24-22(17)14-19-18-13-15(28-3)10-11-21(18)25-23(19)27/h10-11,13-14,24H,4-9,12H2,1-3H3,(H,25,27)/b19-14-. The Hall–Kier alpha value is -2.53. The molecule has 5 nitrogen and oxygen atoms in total. The van der Waals surface area contributed by atoms with Gasteiger partial charge in [0.2, 0.25) is 0 Å². The number of anilines is 1. The Balaban J connectivity index is 1.73. The number of H-pyrrole nitrogens is 1. The summed E-state index contributed by atoms with van der Waals surface area (Å²) < 4.78 is 5.36. The van der Waals surface area contributed by atoms with Gasteiger partial charge in [-0.15, -0.1) is 0 Å². The summed E-state index contributed by atoms with van der Waals surface area (Å²) in [5.74, 6) is 0.716. The highest BCUT2D eigenvalue weighted by Gasteiger charge is 2.26. The molecule has 0 radical (unpaired) electrons. The first-order valence-electron chi connectivity index (χ1n) is 10.2. The number of fused-ring (bicyclic) bond motifs is 2. The van der Waals surface area contributed by atoms with Crippen LogP contribution in [0.1, 0.15) is 47.3 Å². The molecule has 2 aliphatic rings. The highest BCUT2D eigenvalue weighted by atomic mass is 16.5. The molecule has 0 atom stereocenters. The Labute approximate surface area is 166 Å². The fourth-order valence-electron chi connectivity index (χ4n) is 4.34. The first kappa shape index (κ1) is 18.8. The topological polar surface area (TPSA) is 57.4 Å². The van der Waals surface area contributed by atoms with Gasteiger partial charge in [-0.25, -0.2) is 0 Å². The first-order valence-corrected chi connectivity index (χ1v) is 10.2. The van der Waals surface area contributed by atoms with Crippen LogP contribution in [0.5, 0.6) is 5.75 Å². The van der Waals surface area contributed by atoms with Crippen LogP contribution >= 0.6 is 0 Å². The van der Waals surface area contributed by atoms with Crippen molar-refractivity contribution in [3.8, 4) is 5.75 Å². The van der Waals surface area contributed by atoms with Crippen molar-refractivity contribution in [3.05, 3.63) is 46.3 Å². The van der Waals surface area contributed by atoms with Gasteiger partial charge in [-0.2, -0.15) is 0 Å². The van der Waals surface area contributed by atoms with E-state index in [-0.39, 0.29) is 5.91 Å². The zero-order valence-corrected chi connectivity index (χ0v) is 17.0. The molecule has 1 aliphatic heterocycles. The van der Waals surface area contributed by atoms with Gasteiger partial charge in [0.25, 0.3) is 5.91 Å².